The van der Waals surface area contributed by atoms with Gasteiger partial charge in [-0.2, -0.15) is 11.8 Å². The van der Waals surface area contributed by atoms with Gasteiger partial charge in [0.2, 0.25) is 5.91 Å². The van der Waals surface area contributed by atoms with Gasteiger partial charge in [-0.3, -0.25) is 4.79 Å². The van der Waals surface area contributed by atoms with Crippen molar-refractivity contribution in [2.45, 2.75) is 44.2 Å². The van der Waals surface area contributed by atoms with Crippen LogP contribution in [0.1, 0.15) is 32.6 Å². The lowest BCUT2D eigenvalue weighted by atomic mass is 9.75. The van der Waals surface area contributed by atoms with Crippen LogP contribution in [0.3, 0.4) is 0 Å². The standard InChI is InChI=1S/C15H29N3OS/c1-12-5-4-6-15(9-12,18(2)3)11-17-14(19)13-10-20-8-7-16-13/h12-13,16H,4-11H2,1-3H3,(H,17,19). The van der Waals surface area contributed by atoms with Gasteiger partial charge in [0.05, 0.1) is 6.04 Å². The third-order valence-electron chi connectivity index (χ3n) is 4.85. The Kier molecular flexibility index (Phi) is 5.75. The van der Waals surface area contributed by atoms with Crippen LogP contribution in [-0.4, -0.2) is 61.1 Å². The summed E-state index contributed by atoms with van der Waals surface area (Å²) in [5.41, 5.74) is 0.148. The highest BCUT2D eigenvalue weighted by molar-refractivity contribution is 7.99. The molecule has 0 aromatic carbocycles. The van der Waals surface area contributed by atoms with Crippen molar-refractivity contribution in [3.05, 3.63) is 0 Å². The number of nitrogens with one attached hydrogen (secondary N) is 2. The van der Waals surface area contributed by atoms with Gasteiger partial charge in [-0.25, -0.2) is 0 Å². The van der Waals surface area contributed by atoms with Crippen LogP contribution in [0.5, 0.6) is 0 Å². The van der Waals surface area contributed by atoms with Crippen LogP contribution >= 0.6 is 11.8 Å². The maximum Gasteiger partial charge on any atom is 0.238 e. The van der Waals surface area contributed by atoms with Crippen molar-refractivity contribution < 1.29 is 4.79 Å². The lowest BCUT2D eigenvalue weighted by Crippen LogP contribution is -2.58. The first-order chi connectivity index (χ1) is 9.53. The highest BCUT2D eigenvalue weighted by atomic mass is 32.2. The zero-order valence-electron chi connectivity index (χ0n) is 13.1. The fourth-order valence-corrected chi connectivity index (χ4v) is 4.40. The van der Waals surface area contributed by atoms with Crippen molar-refractivity contribution in [3.8, 4) is 0 Å². The molecule has 0 aromatic rings. The van der Waals surface area contributed by atoms with Crippen molar-refractivity contribution in [1.82, 2.24) is 15.5 Å². The normalized spacial score (nSPS) is 35.0. The van der Waals surface area contributed by atoms with Gasteiger partial charge in [-0.1, -0.05) is 19.8 Å². The van der Waals surface area contributed by atoms with Crippen molar-refractivity contribution in [3.63, 3.8) is 0 Å². The Balaban J connectivity index is 1.90. The Bertz CT molecular complexity index is 331. The topological polar surface area (TPSA) is 44.4 Å². The van der Waals surface area contributed by atoms with Crippen molar-refractivity contribution in [1.29, 1.82) is 0 Å². The summed E-state index contributed by atoms with van der Waals surface area (Å²) in [5.74, 6) is 2.95. The molecule has 0 spiro atoms. The quantitative estimate of drug-likeness (QED) is 0.822. The summed E-state index contributed by atoms with van der Waals surface area (Å²) in [7, 11) is 4.30. The van der Waals surface area contributed by atoms with Crippen molar-refractivity contribution in [2.75, 3.05) is 38.7 Å². The second kappa shape index (κ2) is 7.14. The number of hydrogen-bond donors (Lipinski definition) is 2. The van der Waals surface area contributed by atoms with Crippen molar-refractivity contribution in [2.24, 2.45) is 5.92 Å². The molecule has 3 unspecified atom stereocenters. The SMILES string of the molecule is CC1CCCC(CNC(=O)C2CSCCN2)(N(C)C)C1. The van der Waals surface area contributed by atoms with E-state index in [1.807, 2.05) is 11.8 Å². The number of rotatable bonds is 4. The Morgan fingerprint density at radius 3 is 2.90 bits per heavy atom. The molecule has 1 saturated heterocycles. The van der Waals surface area contributed by atoms with Gasteiger partial charge in [0.15, 0.2) is 0 Å². The summed E-state index contributed by atoms with van der Waals surface area (Å²) in [6.45, 7) is 4.06. The average molecular weight is 299 g/mol. The number of carbonyl (C=O) groups is 1. The minimum absolute atomic E-state index is 0.00558. The molecular weight excluding hydrogens is 270 g/mol. The Labute approximate surface area is 127 Å². The maximum atomic E-state index is 12.3. The molecule has 0 bridgehead atoms. The molecule has 1 heterocycles. The zero-order chi connectivity index (χ0) is 14.6. The molecular formula is C15H29N3OS. The predicted molar refractivity (Wildman–Crippen MR) is 86.2 cm³/mol. The summed E-state index contributed by atoms with van der Waals surface area (Å²) in [5, 5.41) is 6.52. The van der Waals surface area contributed by atoms with E-state index in [-0.39, 0.29) is 17.5 Å². The van der Waals surface area contributed by atoms with Crippen LogP contribution < -0.4 is 10.6 Å². The van der Waals surface area contributed by atoms with Gasteiger partial charge >= 0.3 is 0 Å². The zero-order valence-corrected chi connectivity index (χ0v) is 13.9. The van der Waals surface area contributed by atoms with Crippen LogP contribution in [0.4, 0.5) is 0 Å². The summed E-state index contributed by atoms with van der Waals surface area (Å²) in [6.07, 6.45) is 4.97. The number of thioether (sulfide) groups is 1. The second-order valence-electron chi connectivity index (χ2n) is 6.62. The van der Waals surface area contributed by atoms with Crippen LogP contribution in [0.25, 0.3) is 0 Å². The number of hydrogen-bond acceptors (Lipinski definition) is 4. The molecule has 2 aliphatic rings. The lowest BCUT2D eigenvalue weighted by molar-refractivity contribution is -0.123. The summed E-state index contributed by atoms with van der Waals surface area (Å²) >= 11 is 1.86. The monoisotopic (exact) mass is 299 g/mol. The molecule has 5 heteroatoms. The van der Waals surface area contributed by atoms with Crippen LogP contribution in [0, 0.1) is 5.92 Å². The summed E-state index contributed by atoms with van der Waals surface area (Å²) in [6, 6.07) is -0.00558. The number of amides is 1. The van der Waals surface area contributed by atoms with E-state index in [2.05, 4.69) is 36.6 Å². The number of carbonyl (C=O) groups excluding carboxylic acids is 1. The van der Waals surface area contributed by atoms with Gasteiger partial charge in [-0.05, 0) is 32.9 Å². The predicted octanol–water partition coefficient (Wildman–Crippen LogP) is 1.32. The van der Waals surface area contributed by atoms with Gasteiger partial charge in [-0.15, -0.1) is 0 Å². The molecule has 1 amide bonds. The summed E-state index contributed by atoms with van der Waals surface area (Å²) in [4.78, 5) is 14.6. The first kappa shape index (κ1) is 16.1. The molecule has 0 aromatic heterocycles. The third-order valence-corrected chi connectivity index (χ3v) is 5.91. The van der Waals surface area contributed by atoms with Crippen LogP contribution in [-0.2, 0) is 4.79 Å². The average Bonchev–Trinajstić information content (AvgIpc) is 2.45. The van der Waals surface area contributed by atoms with E-state index in [1.54, 1.807) is 0 Å². The molecule has 2 fully saturated rings. The minimum Gasteiger partial charge on any atom is -0.353 e. The van der Waals surface area contributed by atoms with Gasteiger partial charge < -0.3 is 15.5 Å². The highest BCUT2D eigenvalue weighted by Gasteiger charge is 2.37. The molecule has 2 N–H and O–H groups in total. The molecule has 3 atom stereocenters. The number of likely N-dealkylation sites (N-methyl/N-ethyl adjacent to an activating group) is 1. The van der Waals surface area contributed by atoms with Crippen molar-refractivity contribution >= 4 is 17.7 Å². The van der Waals surface area contributed by atoms with E-state index < -0.39 is 0 Å². The van der Waals surface area contributed by atoms with Crippen LogP contribution in [0.2, 0.25) is 0 Å². The van der Waals surface area contributed by atoms with E-state index in [9.17, 15) is 4.79 Å². The molecule has 1 aliphatic carbocycles. The van der Waals surface area contributed by atoms with Gasteiger partial charge in [0.1, 0.15) is 0 Å². The Morgan fingerprint density at radius 1 is 1.50 bits per heavy atom. The highest BCUT2D eigenvalue weighted by Crippen LogP contribution is 2.35. The lowest BCUT2D eigenvalue weighted by Gasteiger charge is -2.45. The maximum absolute atomic E-state index is 12.3. The second-order valence-corrected chi connectivity index (χ2v) is 7.77. The molecule has 116 valence electrons. The van der Waals surface area contributed by atoms with E-state index in [0.29, 0.717) is 0 Å². The number of nitrogens with zero attached hydrogens (tertiary/aromatic N) is 1. The van der Waals surface area contributed by atoms with Crippen LogP contribution in [0.15, 0.2) is 0 Å². The molecule has 0 radical (unpaired) electrons. The Hall–Kier alpha value is -0.260. The summed E-state index contributed by atoms with van der Waals surface area (Å²) < 4.78 is 0. The minimum atomic E-state index is -0.00558. The Morgan fingerprint density at radius 2 is 2.30 bits per heavy atom. The van der Waals surface area contributed by atoms with Gasteiger partial charge in [0.25, 0.3) is 0 Å². The third kappa shape index (κ3) is 3.89. The van der Waals surface area contributed by atoms with E-state index >= 15 is 0 Å². The first-order valence-electron chi connectivity index (χ1n) is 7.80. The van der Waals surface area contributed by atoms with E-state index in [4.69, 9.17) is 0 Å². The molecule has 2 rings (SSSR count). The fraction of sp³-hybridized carbons (Fsp3) is 0.933. The molecule has 1 saturated carbocycles. The molecule has 1 aliphatic heterocycles. The first-order valence-corrected chi connectivity index (χ1v) is 8.95. The van der Waals surface area contributed by atoms with E-state index in [1.165, 1.54) is 25.7 Å². The largest absolute Gasteiger partial charge is 0.353 e. The van der Waals surface area contributed by atoms with Gasteiger partial charge in [0, 0.05) is 30.1 Å². The van der Waals surface area contributed by atoms with E-state index in [0.717, 1.165) is 30.5 Å². The molecule has 20 heavy (non-hydrogen) atoms. The molecule has 4 nitrogen and oxygen atoms in total. The smallest absolute Gasteiger partial charge is 0.238 e. The fourth-order valence-electron chi connectivity index (χ4n) is 3.47.